The third kappa shape index (κ3) is 4.28. The molecular formula is C54H51NO. The lowest BCUT2D eigenvalue weighted by Crippen LogP contribution is -2.74. The number of anilines is 3. The van der Waals surface area contributed by atoms with Crippen LogP contribution < -0.4 is 9.64 Å². The first-order valence-electron chi connectivity index (χ1n) is 21.3. The summed E-state index contributed by atoms with van der Waals surface area (Å²) in [7, 11) is 0. The Balaban J connectivity index is 1.02. The van der Waals surface area contributed by atoms with E-state index in [-0.39, 0.29) is 16.2 Å². The fourth-order valence-electron chi connectivity index (χ4n) is 13.7. The smallest absolute Gasteiger partial charge is 0.133 e. The summed E-state index contributed by atoms with van der Waals surface area (Å²) in [6.07, 6.45) is 8.05. The minimum Gasteiger partial charge on any atom is -0.457 e. The maximum Gasteiger partial charge on any atom is 0.133 e. The molecular weight excluding hydrogens is 679 g/mol. The van der Waals surface area contributed by atoms with E-state index < -0.39 is 0 Å². The van der Waals surface area contributed by atoms with E-state index in [2.05, 4.69) is 172 Å². The maximum atomic E-state index is 7.16. The van der Waals surface area contributed by atoms with Crippen LogP contribution in [-0.4, -0.2) is 0 Å². The summed E-state index contributed by atoms with van der Waals surface area (Å²) in [6.45, 7) is 9.71. The summed E-state index contributed by atoms with van der Waals surface area (Å²) in [5, 5.41) is 0. The van der Waals surface area contributed by atoms with E-state index in [1.807, 2.05) is 0 Å². The Bertz CT molecular complexity index is 2550. The molecule has 5 aliphatic carbocycles. The summed E-state index contributed by atoms with van der Waals surface area (Å²) >= 11 is 0. The summed E-state index contributed by atoms with van der Waals surface area (Å²) in [5.74, 6) is 5.34. The van der Waals surface area contributed by atoms with Crippen molar-refractivity contribution in [1.29, 1.82) is 0 Å². The Morgan fingerprint density at radius 1 is 0.482 bits per heavy atom. The molecule has 278 valence electrons. The van der Waals surface area contributed by atoms with Crippen LogP contribution >= 0.6 is 0 Å². The zero-order chi connectivity index (χ0) is 37.6. The second-order valence-corrected chi connectivity index (χ2v) is 19.7. The molecule has 4 saturated carbocycles. The minimum atomic E-state index is 0.0154. The van der Waals surface area contributed by atoms with Crippen molar-refractivity contribution in [3.63, 3.8) is 0 Å². The molecule has 0 N–H and O–H groups in total. The summed E-state index contributed by atoms with van der Waals surface area (Å²) in [6, 6.07) is 52.5. The van der Waals surface area contributed by atoms with Crippen molar-refractivity contribution >= 4 is 17.1 Å². The lowest BCUT2D eigenvalue weighted by Gasteiger charge is -2.77. The van der Waals surface area contributed by atoms with Crippen molar-refractivity contribution in [1.82, 2.24) is 0 Å². The number of benzene rings is 6. The van der Waals surface area contributed by atoms with Gasteiger partial charge in [0.15, 0.2) is 0 Å². The van der Waals surface area contributed by atoms with Crippen molar-refractivity contribution in [3.05, 3.63) is 162 Å². The van der Waals surface area contributed by atoms with Crippen LogP contribution in [0.5, 0.6) is 11.5 Å². The molecule has 6 aromatic carbocycles. The van der Waals surface area contributed by atoms with Gasteiger partial charge < -0.3 is 9.64 Å². The second kappa shape index (κ2) is 11.3. The molecule has 0 aromatic heterocycles. The lowest BCUT2D eigenvalue weighted by atomic mass is 9.26. The van der Waals surface area contributed by atoms with Crippen LogP contribution in [0.15, 0.2) is 140 Å². The van der Waals surface area contributed by atoms with E-state index in [0.29, 0.717) is 17.3 Å². The third-order valence-corrected chi connectivity index (χ3v) is 16.3. The fraction of sp³-hybridized carbons (Fsp3) is 0.333. The molecule has 6 unspecified atom stereocenters. The number of nitrogens with zero attached hydrogens (tertiary/aromatic N) is 1. The van der Waals surface area contributed by atoms with Gasteiger partial charge in [-0.1, -0.05) is 119 Å². The summed E-state index contributed by atoms with van der Waals surface area (Å²) in [5.41, 5.74) is 15.2. The highest BCUT2D eigenvalue weighted by Crippen LogP contribution is 2.89. The highest BCUT2D eigenvalue weighted by Gasteiger charge is 2.84. The van der Waals surface area contributed by atoms with Gasteiger partial charge in [0.2, 0.25) is 0 Å². The number of ether oxygens (including phenoxy) is 1. The molecule has 2 nitrogen and oxygen atoms in total. The van der Waals surface area contributed by atoms with Crippen molar-refractivity contribution < 1.29 is 4.74 Å². The Morgan fingerprint density at radius 2 is 1.07 bits per heavy atom. The van der Waals surface area contributed by atoms with Gasteiger partial charge in [-0.2, -0.15) is 0 Å². The van der Waals surface area contributed by atoms with Gasteiger partial charge in [-0.15, -0.1) is 0 Å². The van der Waals surface area contributed by atoms with Crippen LogP contribution in [0, 0.1) is 29.1 Å². The van der Waals surface area contributed by atoms with E-state index >= 15 is 0 Å². The predicted octanol–water partition coefficient (Wildman–Crippen LogP) is 14.3. The molecule has 1 heterocycles. The van der Waals surface area contributed by atoms with Crippen molar-refractivity contribution in [3.8, 4) is 33.8 Å². The van der Waals surface area contributed by atoms with Crippen LogP contribution in [0.1, 0.15) is 88.5 Å². The molecule has 0 radical (unpaired) electrons. The van der Waals surface area contributed by atoms with Gasteiger partial charge >= 0.3 is 0 Å². The van der Waals surface area contributed by atoms with Gasteiger partial charge in [0.1, 0.15) is 11.5 Å². The predicted molar refractivity (Wildman–Crippen MR) is 229 cm³/mol. The van der Waals surface area contributed by atoms with Crippen LogP contribution in [-0.2, 0) is 16.2 Å². The molecule has 56 heavy (non-hydrogen) atoms. The average Bonchev–Trinajstić information content (AvgIpc) is 3.76. The monoisotopic (exact) mass is 729 g/mol. The van der Waals surface area contributed by atoms with E-state index in [1.165, 1.54) is 88.7 Å². The molecule has 2 heteroatoms. The minimum absolute atomic E-state index is 0.0154. The number of rotatable bonds is 5. The Kier molecular flexibility index (Phi) is 6.67. The van der Waals surface area contributed by atoms with Crippen molar-refractivity contribution in [2.75, 3.05) is 4.90 Å². The maximum absolute atomic E-state index is 7.16. The second-order valence-electron chi connectivity index (χ2n) is 19.7. The zero-order valence-electron chi connectivity index (χ0n) is 33.2. The SMILES string of the molecule is CC1(C)CCC(C)(C)c2cc(N(c3ccc(-c4ccccc4)cc3)c3ccc4c(c3)Oc3ccc(-c5ccccc5)cc3C43C4CC5CC6CC3C64C5)ccc21. The van der Waals surface area contributed by atoms with Gasteiger partial charge in [0.25, 0.3) is 0 Å². The zero-order valence-corrected chi connectivity index (χ0v) is 33.2. The first kappa shape index (κ1) is 33.1. The van der Waals surface area contributed by atoms with E-state index in [0.717, 1.165) is 34.7 Å². The van der Waals surface area contributed by atoms with Gasteiger partial charge in [0.05, 0.1) is 0 Å². The molecule has 0 amide bonds. The standard InChI is InChI=1S/C54H51NO/c1-51(2)25-26-52(3,4)45-31-41(20-22-43(45)51)55(40-18-15-37(16-19-40)35-11-7-5-8-12-35)42-21-23-44-48(32-42)56-47-24-17-38(36-13-9-6-10-14-36)29-46(47)54(44)49-28-34-27-39-30-50(54)53(39,49)33-34/h5-24,29,31-32,34,39,49-50H,25-28,30,33H2,1-4H3. The van der Waals surface area contributed by atoms with Gasteiger partial charge in [-0.25, -0.2) is 0 Å². The number of fused-ring (bicyclic) bond motifs is 8. The highest BCUT2D eigenvalue weighted by atomic mass is 16.5. The molecule has 2 spiro atoms. The summed E-state index contributed by atoms with van der Waals surface area (Å²) < 4.78 is 7.16. The lowest BCUT2D eigenvalue weighted by molar-refractivity contribution is -0.235. The van der Waals surface area contributed by atoms with Gasteiger partial charge in [-0.3, -0.25) is 0 Å². The summed E-state index contributed by atoms with van der Waals surface area (Å²) in [4.78, 5) is 2.48. The molecule has 6 aliphatic rings. The first-order valence-corrected chi connectivity index (χ1v) is 21.3. The van der Waals surface area contributed by atoms with E-state index in [1.54, 1.807) is 0 Å². The topological polar surface area (TPSA) is 12.5 Å². The van der Waals surface area contributed by atoms with Gasteiger partial charge in [0, 0.05) is 39.7 Å². The molecule has 0 saturated heterocycles. The first-order chi connectivity index (χ1) is 27.2. The van der Waals surface area contributed by atoms with Crippen LogP contribution in [0.4, 0.5) is 17.1 Å². The van der Waals surface area contributed by atoms with E-state index in [9.17, 15) is 0 Å². The van der Waals surface area contributed by atoms with Crippen molar-refractivity contribution in [2.45, 2.75) is 82.5 Å². The fourth-order valence-corrected chi connectivity index (χ4v) is 13.7. The molecule has 6 atom stereocenters. The normalized spacial score (nSPS) is 28.9. The molecule has 6 aromatic rings. The van der Waals surface area contributed by atoms with E-state index in [4.69, 9.17) is 4.74 Å². The molecule has 2 bridgehead atoms. The Morgan fingerprint density at radius 3 is 1.79 bits per heavy atom. The Labute approximate surface area is 332 Å². The third-order valence-electron chi connectivity index (χ3n) is 16.3. The van der Waals surface area contributed by atoms with Crippen LogP contribution in [0.3, 0.4) is 0 Å². The molecule has 1 aliphatic heterocycles. The quantitative estimate of drug-likeness (QED) is 0.175. The largest absolute Gasteiger partial charge is 0.457 e. The molecule has 4 fully saturated rings. The average molecular weight is 730 g/mol. The number of hydrogen-bond donors (Lipinski definition) is 0. The van der Waals surface area contributed by atoms with Crippen LogP contribution in [0.2, 0.25) is 0 Å². The Hall–Kier alpha value is -5.08. The number of hydrogen-bond acceptors (Lipinski definition) is 2. The molecule has 12 rings (SSSR count). The highest BCUT2D eigenvalue weighted by molar-refractivity contribution is 5.81. The van der Waals surface area contributed by atoms with Gasteiger partial charge in [-0.05, 0) is 154 Å². The van der Waals surface area contributed by atoms with Crippen LogP contribution in [0.25, 0.3) is 22.3 Å². The van der Waals surface area contributed by atoms with Crippen molar-refractivity contribution in [2.24, 2.45) is 29.1 Å².